The number of ether oxygens (including phenoxy) is 2. The van der Waals surface area contributed by atoms with E-state index in [1.807, 2.05) is 6.08 Å². The van der Waals surface area contributed by atoms with Crippen molar-refractivity contribution in [3.05, 3.63) is 89.3 Å². The minimum Gasteiger partial charge on any atom is -0.461 e. The third-order valence-corrected chi connectivity index (χ3v) is 16.3. The van der Waals surface area contributed by atoms with Gasteiger partial charge in [-0.2, -0.15) is 9.97 Å². The fraction of sp³-hybridized carbons (Fsp3) is 0.444. The standard InChI is InChI=1S/C54H54F2N10O7/c1-3-36-41(55)12-7-31-5-4-6-38(44(31)36)46-45(56)47-40(21-58-46)48(63-25-33-8-9-34(26-63)59-33)62-52(61-47)73-28-54-17-15-35(65(54)22-29(2)20-54)27-72-53(71)64-23-30(24-64)16-18-57-32-10-11-37-39(19-32)51(70)66(50(37)69)42-13-14-43(67)60-49(42)68/h1,4-7,10,12,19,21,30,33-35,37,42,57,59H,2,8-9,11,13-18,20,22-28H2,(H,60,67,68)/t33?,34?,35-,37?,42?,54-/m0/s1. The monoisotopic (exact) mass is 992 g/mol. The number of carbonyl (C=O) groups excluding carboxylic acids is 5. The van der Waals surface area contributed by atoms with E-state index in [4.69, 9.17) is 25.9 Å². The molecule has 2 bridgehead atoms. The number of fused-ring (bicyclic) bond motifs is 6. The molecule has 19 heteroatoms. The summed E-state index contributed by atoms with van der Waals surface area (Å²) in [6.45, 7) is 8.40. The summed E-state index contributed by atoms with van der Waals surface area (Å²) in [5, 5.41) is 10.7. The van der Waals surface area contributed by atoms with E-state index in [1.54, 1.807) is 41.4 Å². The van der Waals surface area contributed by atoms with Gasteiger partial charge in [0.1, 0.15) is 42.1 Å². The molecule has 0 saturated carbocycles. The summed E-state index contributed by atoms with van der Waals surface area (Å²) in [7, 11) is 0. The van der Waals surface area contributed by atoms with E-state index in [0.717, 1.165) is 48.3 Å². The average molecular weight is 993 g/mol. The smallest absolute Gasteiger partial charge is 0.409 e. The minimum atomic E-state index is -0.988. The van der Waals surface area contributed by atoms with Crippen molar-refractivity contribution < 1.29 is 42.2 Å². The number of nitrogens with zero attached hydrogens (tertiary/aromatic N) is 7. The number of anilines is 1. The van der Waals surface area contributed by atoms with Crippen LogP contribution in [0.3, 0.4) is 0 Å². The van der Waals surface area contributed by atoms with Crippen LogP contribution in [0, 0.1) is 35.8 Å². The summed E-state index contributed by atoms with van der Waals surface area (Å²) < 4.78 is 44.7. The molecule has 8 aliphatic rings. The zero-order chi connectivity index (χ0) is 50.3. The Balaban J connectivity index is 0.682. The molecule has 5 amide bonds. The van der Waals surface area contributed by atoms with Gasteiger partial charge in [-0.1, -0.05) is 48.4 Å². The average Bonchev–Trinajstić information content (AvgIpc) is 4.07. The van der Waals surface area contributed by atoms with Crippen LogP contribution in [0.4, 0.5) is 19.4 Å². The number of amides is 5. The Morgan fingerprint density at radius 1 is 1.03 bits per heavy atom. The van der Waals surface area contributed by atoms with Crippen molar-refractivity contribution in [3.8, 4) is 29.6 Å². The third-order valence-electron chi connectivity index (χ3n) is 16.3. The topological polar surface area (TPSA) is 192 Å². The second-order valence-corrected chi connectivity index (χ2v) is 20.9. The lowest BCUT2D eigenvalue weighted by Crippen LogP contribution is -2.54. The number of hydrogen-bond acceptors (Lipinski definition) is 14. The molecule has 17 nitrogen and oxygen atoms in total. The number of allylic oxidation sites excluding steroid dienone is 2. The summed E-state index contributed by atoms with van der Waals surface area (Å²) in [6.07, 6.45) is 16.1. The molecule has 7 fully saturated rings. The normalized spacial score (nSPS) is 26.9. The fourth-order valence-electron chi connectivity index (χ4n) is 12.6. The number of carbonyl (C=O) groups is 5. The van der Waals surface area contributed by atoms with Crippen LogP contribution in [-0.4, -0.2) is 142 Å². The van der Waals surface area contributed by atoms with Crippen molar-refractivity contribution in [3.63, 3.8) is 0 Å². The summed E-state index contributed by atoms with van der Waals surface area (Å²) in [4.78, 5) is 85.4. The van der Waals surface area contributed by atoms with Gasteiger partial charge in [0.05, 0.1) is 22.4 Å². The highest BCUT2D eigenvalue weighted by Crippen LogP contribution is 2.45. The van der Waals surface area contributed by atoms with E-state index in [2.05, 4.69) is 43.2 Å². The summed E-state index contributed by atoms with van der Waals surface area (Å²) in [5.41, 5.74) is 2.05. The lowest BCUT2D eigenvalue weighted by atomic mass is 9.92. The maximum Gasteiger partial charge on any atom is 0.409 e. The molecule has 4 aromatic rings. The number of benzene rings is 2. The van der Waals surface area contributed by atoms with Crippen molar-refractivity contribution in [2.45, 2.75) is 87.5 Å². The number of piperazine rings is 1. The Kier molecular flexibility index (Phi) is 11.7. The van der Waals surface area contributed by atoms with E-state index >= 15 is 8.78 Å². The minimum absolute atomic E-state index is 0.0106. The first-order valence-corrected chi connectivity index (χ1v) is 25.2. The molecule has 2 aromatic heterocycles. The number of likely N-dealkylation sites (tertiary alicyclic amines) is 2. The number of rotatable bonds is 12. The molecule has 376 valence electrons. The van der Waals surface area contributed by atoms with Gasteiger partial charge in [-0.15, -0.1) is 6.42 Å². The van der Waals surface area contributed by atoms with Gasteiger partial charge >= 0.3 is 12.1 Å². The van der Waals surface area contributed by atoms with Crippen LogP contribution in [0.15, 0.2) is 72.1 Å². The second-order valence-electron chi connectivity index (χ2n) is 20.9. The molecular weight excluding hydrogens is 939 g/mol. The predicted molar refractivity (Wildman–Crippen MR) is 263 cm³/mol. The number of nitrogens with one attached hydrogen (secondary N) is 3. The molecular formula is C54H54F2N10O7. The summed E-state index contributed by atoms with van der Waals surface area (Å²) in [5.74, 6) is -0.633. The Morgan fingerprint density at radius 3 is 2.64 bits per heavy atom. The highest BCUT2D eigenvalue weighted by Gasteiger charge is 2.52. The lowest BCUT2D eigenvalue weighted by molar-refractivity contribution is -0.150. The first-order valence-electron chi connectivity index (χ1n) is 25.2. The number of hydrogen-bond donors (Lipinski definition) is 3. The number of terminal acetylenes is 1. The van der Waals surface area contributed by atoms with Gasteiger partial charge in [0, 0.05) is 92.2 Å². The Morgan fingerprint density at radius 2 is 1.85 bits per heavy atom. The number of imide groups is 2. The van der Waals surface area contributed by atoms with Gasteiger partial charge < -0.3 is 29.9 Å². The molecule has 7 saturated heterocycles. The number of aromatic nitrogens is 3. The Labute approximate surface area is 419 Å². The Bertz CT molecular complexity index is 3160. The lowest BCUT2D eigenvalue weighted by Gasteiger charge is -2.39. The van der Waals surface area contributed by atoms with Gasteiger partial charge in [-0.25, -0.2) is 13.6 Å². The quantitative estimate of drug-likeness (QED) is 0.101. The zero-order valence-corrected chi connectivity index (χ0v) is 40.1. The van der Waals surface area contributed by atoms with Crippen LogP contribution < -0.4 is 25.6 Å². The molecule has 6 atom stereocenters. The van der Waals surface area contributed by atoms with E-state index < -0.39 is 52.8 Å². The van der Waals surface area contributed by atoms with Crippen LogP contribution in [-0.2, 0) is 23.9 Å². The number of piperidine rings is 1. The number of halogens is 2. The molecule has 73 heavy (non-hydrogen) atoms. The molecule has 9 heterocycles. The van der Waals surface area contributed by atoms with Crippen LogP contribution in [0.5, 0.6) is 6.01 Å². The summed E-state index contributed by atoms with van der Waals surface area (Å²) in [6, 6.07) is 7.67. The molecule has 7 aliphatic heterocycles. The molecule has 2 aromatic carbocycles. The van der Waals surface area contributed by atoms with Crippen molar-refractivity contribution in [1.82, 2.24) is 45.6 Å². The maximum atomic E-state index is 17.2. The highest BCUT2D eigenvalue weighted by atomic mass is 19.1. The van der Waals surface area contributed by atoms with Crippen molar-refractivity contribution in [2.24, 2.45) is 11.8 Å². The molecule has 1 aliphatic carbocycles. The molecule has 3 N–H and O–H groups in total. The molecule has 0 radical (unpaired) electrons. The first kappa shape index (κ1) is 46.8. The van der Waals surface area contributed by atoms with E-state index in [0.29, 0.717) is 85.2 Å². The third kappa shape index (κ3) is 8.24. The van der Waals surface area contributed by atoms with E-state index in [1.165, 1.54) is 6.07 Å². The van der Waals surface area contributed by atoms with Gasteiger partial charge in [0.25, 0.3) is 5.91 Å². The molecule has 12 rings (SSSR count). The predicted octanol–water partition coefficient (Wildman–Crippen LogP) is 4.64. The fourth-order valence-corrected chi connectivity index (χ4v) is 12.6. The van der Waals surface area contributed by atoms with Gasteiger partial charge in [0.2, 0.25) is 17.7 Å². The van der Waals surface area contributed by atoms with Gasteiger partial charge in [-0.05, 0) is 74.8 Å². The van der Waals surface area contributed by atoms with Crippen molar-refractivity contribution in [2.75, 3.05) is 57.4 Å². The molecule has 0 spiro atoms. The van der Waals surface area contributed by atoms with Crippen LogP contribution in [0.1, 0.15) is 63.4 Å². The van der Waals surface area contributed by atoms with Crippen LogP contribution in [0.25, 0.3) is 32.9 Å². The number of pyridine rings is 1. The Hall–Kier alpha value is -7.30. The van der Waals surface area contributed by atoms with E-state index in [-0.39, 0.29) is 79.0 Å². The molecule has 4 unspecified atom stereocenters. The zero-order valence-electron chi connectivity index (χ0n) is 40.1. The van der Waals surface area contributed by atoms with Crippen LogP contribution in [0.2, 0.25) is 0 Å². The largest absolute Gasteiger partial charge is 0.461 e. The van der Waals surface area contributed by atoms with Gasteiger partial charge in [-0.3, -0.25) is 39.3 Å². The van der Waals surface area contributed by atoms with Gasteiger partial charge in [0.15, 0.2) is 5.82 Å². The van der Waals surface area contributed by atoms with Crippen molar-refractivity contribution in [1.29, 1.82) is 0 Å². The SMILES string of the molecule is C#Cc1c(F)ccc2cccc(-c3ncc4c(N5CC6CCC(C5)N6)nc(OC[C@@]56CC[C@@H](COC(=O)N7CC(CCNC8=CCC9C(=O)N(C%10CCC(=O)NC%10=O)C(=O)C9=C8)C7)N5CC(=C)C6)nc4c3F)c12. The maximum absolute atomic E-state index is 17.2. The second kappa shape index (κ2) is 18.3. The van der Waals surface area contributed by atoms with Crippen molar-refractivity contribution >= 4 is 57.2 Å². The summed E-state index contributed by atoms with van der Waals surface area (Å²) >= 11 is 0. The van der Waals surface area contributed by atoms with Crippen LogP contribution >= 0.6 is 0 Å². The first-order chi connectivity index (χ1) is 35.3. The highest BCUT2D eigenvalue weighted by molar-refractivity contribution is 6.18. The van der Waals surface area contributed by atoms with E-state index in [9.17, 15) is 24.0 Å².